The summed E-state index contributed by atoms with van der Waals surface area (Å²) in [5.74, 6) is -2.54. The molecule has 1 atom stereocenters. The minimum atomic E-state index is -1.29. The minimum Gasteiger partial charge on any atom is -0.419 e. The molecule has 0 radical (unpaired) electrons. The quantitative estimate of drug-likeness (QED) is 0.469. The maximum atomic E-state index is 12.5. The van der Waals surface area contributed by atoms with Crippen molar-refractivity contribution in [3.05, 3.63) is 40.7 Å². The summed E-state index contributed by atoms with van der Waals surface area (Å²) >= 11 is 5.92. The number of halogens is 1. The Balaban J connectivity index is 2.43. The second-order valence-electron chi connectivity index (χ2n) is 7.79. The van der Waals surface area contributed by atoms with Crippen LogP contribution in [0, 0.1) is 5.41 Å². The second-order valence-corrected chi connectivity index (χ2v) is 8.23. The van der Waals surface area contributed by atoms with Crippen LogP contribution in [-0.4, -0.2) is 23.8 Å². The van der Waals surface area contributed by atoms with E-state index in [2.05, 4.69) is 31.4 Å². The zero-order chi connectivity index (χ0) is 19.7. The van der Waals surface area contributed by atoms with Crippen LogP contribution in [0.4, 0.5) is 5.69 Å². The smallest absolute Gasteiger partial charge is 0.352 e. The van der Waals surface area contributed by atoms with E-state index in [1.165, 1.54) is 13.8 Å². The summed E-state index contributed by atoms with van der Waals surface area (Å²) in [6.07, 6.45) is 0. The van der Waals surface area contributed by atoms with Gasteiger partial charge in [0.25, 0.3) is 5.79 Å². The van der Waals surface area contributed by atoms with Crippen molar-refractivity contribution in [3.63, 3.8) is 0 Å². The van der Waals surface area contributed by atoms with E-state index < -0.39 is 17.7 Å². The number of anilines is 1. The molecule has 1 fully saturated rings. The molecule has 1 saturated heterocycles. The van der Waals surface area contributed by atoms with Gasteiger partial charge in [-0.1, -0.05) is 32.4 Å². The molecule has 0 aliphatic carbocycles. The van der Waals surface area contributed by atoms with Crippen molar-refractivity contribution in [2.45, 2.75) is 53.4 Å². The topological polar surface area (TPSA) is 76.7 Å². The number of hydrogen-bond acceptors (Lipinski definition) is 6. The van der Waals surface area contributed by atoms with Gasteiger partial charge in [-0.25, -0.2) is 9.59 Å². The van der Waals surface area contributed by atoms with Gasteiger partial charge in [0.05, 0.1) is 0 Å². The van der Waals surface area contributed by atoms with Crippen molar-refractivity contribution in [1.82, 2.24) is 5.32 Å². The average Bonchev–Trinajstić information content (AvgIpc) is 2.46. The Kier molecular flexibility index (Phi) is 5.56. The molecular weight excluding hydrogens is 356 g/mol. The van der Waals surface area contributed by atoms with Gasteiger partial charge in [0.2, 0.25) is 0 Å². The van der Waals surface area contributed by atoms with Crippen LogP contribution in [0.3, 0.4) is 0 Å². The number of rotatable bonds is 4. The van der Waals surface area contributed by atoms with Gasteiger partial charge in [-0.3, -0.25) is 0 Å². The molecule has 142 valence electrons. The molecule has 2 N–H and O–H groups in total. The molecule has 0 saturated carbocycles. The van der Waals surface area contributed by atoms with Crippen molar-refractivity contribution < 1.29 is 19.1 Å². The fourth-order valence-corrected chi connectivity index (χ4v) is 2.26. The number of benzene rings is 1. The van der Waals surface area contributed by atoms with Crippen molar-refractivity contribution in [2.24, 2.45) is 5.41 Å². The number of hydrogen-bond donors (Lipinski definition) is 2. The normalized spacial score (nSPS) is 17.9. The molecule has 26 heavy (non-hydrogen) atoms. The lowest BCUT2D eigenvalue weighted by atomic mass is 9.88. The average molecular weight is 381 g/mol. The molecule has 1 aromatic rings. The van der Waals surface area contributed by atoms with Crippen LogP contribution in [-0.2, 0) is 19.1 Å². The van der Waals surface area contributed by atoms with Crippen LogP contribution in [0.1, 0.15) is 41.5 Å². The number of ether oxygens (including phenoxy) is 2. The first kappa shape index (κ1) is 20.1. The molecule has 1 heterocycles. The summed E-state index contributed by atoms with van der Waals surface area (Å²) in [7, 11) is 0. The predicted octanol–water partition coefficient (Wildman–Crippen LogP) is 3.82. The molecule has 0 amide bonds. The van der Waals surface area contributed by atoms with E-state index in [1.54, 1.807) is 24.3 Å². The van der Waals surface area contributed by atoms with Crippen molar-refractivity contribution in [3.8, 4) is 0 Å². The lowest BCUT2D eigenvalue weighted by Crippen LogP contribution is -2.46. The van der Waals surface area contributed by atoms with Gasteiger partial charge >= 0.3 is 11.9 Å². The van der Waals surface area contributed by atoms with E-state index >= 15 is 0 Å². The zero-order valence-electron chi connectivity index (χ0n) is 15.9. The highest BCUT2D eigenvalue weighted by atomic mass is 35.5. The van der Waals surface area contributed by atoms with Crippen LogP contribution in [0.15, 0.2) is 35.7 Å². The van der Waals surface area contributed by atoms with E-state index in [9.17, 15) is 9.59 Å². The molecule has 0 spiro atoms. The van der Waals surface area contributed by atoms with Crippen LogP contribution >= 0.6 is 11.6 Å². The van der Waals surface area contributed by atoms with Gasteiger partial charge in [-0.05, 0) is 36.6 Å². The molecule has 6 nitrogen and oxygen atoms in total. The molecule has 1 unspecified atom stereocenters. The Labute approximate surface area is 158 Å². The van der Waals surface area contributed by atoms with Crippen LogP contribution < -0.4 is 10.6 Å². The molecule has 1 aromatic carbocycles. The fourth-order valence-electron chi connectivity index (χ4n) is 2.14. The predicted molar refractivity (Wildman–Crippen MR) is 100 cm³/mol. The third-order valence-corrected chi connectivity index (χ3v) is 4.36. The summed E-state index contributed by atoms with van der Waals surface area (Å²) < 4.78 is 10.4. The Morgan fingerprint density at radius 1 is 1.08 bits per heavy atom. The molecule has 7 heteroatoms. The van der Waals surface area contributed by atoms with E-state index in [0.717, 1.165) is 0 Å². The Bertz CT molecular complexity index is 711. The van der Waals surface area contributed by atoms with Crippen LogP contribution in [0.25, 0.3) is 0 Å². The number of nitrogens with one attached hydrogen (secondary N) is 2. The standard InChI is InChI=1S/C19H25ClN2O4/c1-11(18(2,3)4)21-15(22-13-9-7-12(20)8-10-13)14-16(23)25-19(5,6)26-17(14)24/h7-11,21-22H,1-6H3. The minimum absolute atomic E-state index is 0.0552. The largest absolute Gasteiger partial charge is 0.419 e. The number of cyclic esters (lactones) is 2. The maximum Gasteiger partial charge on any atom is 0.352 e. The molecule has 1 aliphatic rings. The van der Waals surface area contributed by atoms with E-state index in [-0.39, 0.29) is 22.9 Å². The highest BCUT2D eigenvalue weighted by Crippen LogP contribution is 2.27. The Morgan fingerprint density at radius 2 is 1.58 bits per heavy atom. The third kappa shape index (κ3) is 4.91. The number of carbonyl (C=O) groups excluding carboxylic acids is 2. The SMILES string of the molecule is CC(NC(Nc1ccc(Cl)cc1)=C1C(=O)OC(C)(C)OC1=O)C(C)(C)C. The fraction of sp³-hybridized carbons (Fsp3) is 0.474. The summed E-state index contributed by atoms with van der Waals surface area (Å²) in [5.41, 5.74) is 0.348. The van der Waals surface area contributed by atoms with E-state index in [4.69, 9.17) is 21.1 Å². The Hall–Kier alpha value is -2.21. The van der Waals surface area contributed by atoms with Gasteiger partial charge in [-0.2, -0.15) is 0 Å². The Morgan fingerprint density at radius 3 is 2.04 bits per heavy atom. The van der Waals surface area contributed by atoms with Gasteiger partial charge in [0, 0.05) is 30.6 Å². The molecule has 1 aliphatic heterocycles. The summed E-state index contributed by atoms with van der Waals surface area (Å²) in [6.45, 7) is 11.1. The van der Waals surface area contributed by atoms with Crippen LogP contribution in [0.5, 0.6) is 0 Å². The first-order chi connectivity index (χ1) is 11.9. The summed E-state index contributed by atoms with van der Waals surface area (Å²) in [5, 5.41) is 6.87. The van der Waals surface area contributed by atoms with Gasteiger partial charge in [-0.15, -0.1) is 0 Å². The lowest BCUT2D eigenvalue weighted by Gasteiger charge is -2.34. The third-order valence-electron chi connectivity index (χ3n) is 4.11. The van der Waals surface area contributed by atoms with E-state index in [1.807, 2.05) is 6.92 Å². The molecule has 0 aromatic heterocycles. The summed E-state index contributed by atoms with van der Waals surface area (Å²) in [6, 6.07) is 6.85. The first-order valence-electron chi connectivity index (χ1n) is 8.39. The van der Waals surface area contributed by atoms with Crippen molar-refractivity contribution >= 4 is 29.2 Å². The maximum absolute atomic E-state index is 12.5. The number of esters is 2. The first-order valence-corrected chi connectivity index (χ1v) is 8.77. The van der Waals surface area contributed by atoms with Crippen molar-refractivity contribution in [2.75, 3.05) is 5.32 Å². The lowest BCUT2D eigenvalue weighted by molar-refractivity contribution is -0.222. The molecule has 0 bridgehead atoms. The molecular formula is C19H25ClN2O4. The number of carbonyl (C=O) groups is 2. The molecule has 2 rings (SSSR count). The van der Waals surface area contributed by atoms with Crippen LogP contribution in [0.2, 0.25) is 5.02 Å². The zero-order valence-corrected chi connectivity index (χ0v) is 16.7. The van der Waals surface area contributed by atoms with Crippen molar-refractivity contribution in [1.29, 1.82) is 0 Å². The monoisotopic (exact) mass is 380 g/mol. The van der Waals surface area contributed by atoms with Gasteiger partial charge in [0.15, 0.2) is 5.57 Å². The summed E-state index contributed by atoms with van der Waals surface area (Å²) in [4.78, 5) is 24.9. The highest BCUT2D eigenvalue weighted by molar-refractivity contribution is 6.30. The van der Waals surface area contributed by atoms with Gasteiger partial charge in [0.1, 0.15) is 5.82 Å². The second kappa shape index (κ2) is 7.19. The van der Waals surface area contributed by atoms with E-state index in [0.29, 0.717) is 10.7 Å². The highest BCUT2D eigenvalue weighted by Gasteiger charge is 2.41. The van der Waals surface area contributed by atoms with Gasteiger partial charge < -0.3 is 20.1 Å².